The molecular formula is C18H19N2O2S+. The first-order valence-corrected chi connectivity index (χ1v) is 8.56. The maximum absolute atomic E-state index is 11.9. The van der Waals surface area contributed by atoms with Gasteiger partial charge in [0.2, 0.25) is 0 Å². The van der Waals surface area contributed by atoms with E-state index < -0.39 is 0 Å². The van der Waals surface area contributed by atoms with E-state index in [9.17, 15) is 4.79 Å². The fourth-order valence-electron chi connectivity index (χ4n) is 2.83. The van der Waals surface area contributed by atoms with Crippen LogP contribution in [0.3, 0.4) is 0 Å². The number of aryl methyl sites for hydroxylation is 1. The molecule has 0 N–H and O–H groups in total. The van der Waals surface area contributed by atoms with Crippen LogP contribution in [0.2, 0.25) is 0 Å². The van der Waals surface area contributed by atoms with E-state index >= 15 is 0 Å². The number of imidazole rings is 1. The van der Waals surface area contributed by atoms with Gasteiger partial charge in [-0.3, -0.25) is 0 Å². The minimum absolute atomic E-state index is 0.192. The van der Waals surface area contributed by atoms with Gasteiger partial charge in [0, 0.05) is 4.90 Å². The largest absolute Gasteiger partial charge is 0.466 e. The summed E-state index contributed by atoms with van der Waals surface area (Å²) in [5.74, 6) is 0.734. The number of hydrogen-bond acceptors (Lipinski definition) is 3. The summed E-state index contributed by atoms with van der Waals surface area (Å²) < 4.78 is 8.99. The molecule has 23 heavy (non-hydrogen) atoms. The Labute approximate surface area is 139 Å². The van der Waals surface area contributed by atoms with Gasteiger partial charge in [-0.05, 0) is 42.7 Å². The van der Waals surface area contributed by atoms with Crippen LogP contribution in [0.5, 0.6) is 0 Å². The smallest absolute Gasteiger partial charge is 0.348 e. The highest BCUT2D eigenvalue weighted by molar-refractivity contribution is 7.98. The molecule has 0 saturated carbocycles. The highest BCUT2D eigenvalue weighted by atomic mass is 32.2. The Hall–Kier alpha value is -2.27. The average molecular weight is 327 g/mol. The van der Waals surface area contributed by atoms with E-state index in [1.54, 1.807) is 11.8 Å². The minimum atomic E-state index is -0.256. The van der Waals surface area contributed by atoms with Crippen LogP contribution < -0.4 is 4.57 Å². The summed E-state index contributed by atoms with van der Waals surface area (Å²) >= 11 is 1.71. The predicted octanol–water partition coefficient (Wildman–Crippen LogP) is 3.03. The van der Waals surface area contributed by atoms with Gasteiger partial charge in [-0.15, -0.1) is 11.8 Å². The first kappa shape index (κ1) is 15.6. The molecule has 1 aromatic heterocycles. The summed E-state index contributed by atoms with van der Waals surface area (Å²) in [5.41, 5.74) is 3.18. The topological polar surface area (TPSA) is 35.1 Å². The summed E-state index contributed by atoms with van der Waals surface area (Å²) in [4.78, 5) is 13.1. The van der Waals surface area contributed by atoms with E-state index in [1.165, 1.54) is 12.0 Å². The molecule has 0 spiro atoms. The number of hydrogen-bond donors (Lipinski definition) is 0. The first-order chi connectivity index (χ1) is 11.2. The third-order valence-electron chi connectivity index (χ3n) is 3.97. The van der Waals surface area contributed by atoms with Crippen LogP contribution in [0.25, 0.3) is 22.4 Å². The third kappa shape index (κ3) is 2.84. The molecule has 0 radical (unpaired) electrons. The molecule has 0 aliphatic rings. The normalized spacial score (nSPS) is 10.9. The molecule has 1 heterocycles. The Bertz CT molecular complexity index is 853. The molecule has 0 amide bonds. The number of rotatable bonds is 4. The highest BCUT2D eigenvalue weighted by Crippen LogP contribution is 2.25. The first-order valence-electron chi connectivity index (χ1n) is 7.34. The number of para-hydroxylation sites is 2. The van der Waals surface area contributed by atoms with Crippen LogP contribution in [0.4, 0.5) is 0 Å². The second-order valence-electron chi connectivity index (χ2n) is 5.26. The van der Waals surface area contributed by atoms with E-state index in [-0.39, 0.29) is 12.5 Å². The number of methoxy groups -OCH3 is 1. The molecule has 0 atom stereocenters. The number of thioether (sulfide) groups is 1. The Morgan fingerprint density at radius 1 is 1.17 bits per heavy atom. The molecule has 0 aliphatic carbocycles. The summed E-state index contributed by atoms with van der Waals surface area (Å²) in [6, 6.07) is 16.4. The summed E-state index contributed by atoms with van der Waals surface area (Å²) in [6.45, 7) is 0.192. The molecular weight excluding hydrogens is 308 g/mol. The fourth-order valence-corrected chi connectivity index (χ4v) is 3.24. The number of carbonyl (C=O) groups is 1. The Kier molecular flexibility index (Phi) is 4.39. The number of fused-ring (bicyclic) bond motifs is 1. The lowest BCUT2D eigenvalue weighted by Gasteiger charge is -2.04. The second-order valence-corrected chi connectivity index (χ2v) is 6.14. The standard InChI is InChI=1S/C18H19N2O2S/c1-19-15-6-4-5-7-16(15)20(12-17(21)22-2)18(19)13-8-10-14(23-3)11-9-13/h4-11H,12H2,1-3H3/q+1. The molecule has 0 saturated heterocycles. The Balaban J connectivity index is 2.22. The fraction of sp³-hybridized carbons (Fsp3) is 0.222. The van der Waals surface area contributed by atoms with Crippen LogP contribution in [0.15, 0.2) is 53.4 Å². The lowest BCUT2D eigenvalue weighted by atomic mass is 10.2. The zero-order chi connectivity index (χ0) is 16.4. The highest BCUT2D eigenvalue weighted by Gasteiger charge is 2.25. The molecule has 118 valence electrons. The van der Waals surface area contributed by atoms with Crippen molar-refractivity contribution in [2.75, 3.05) is 13.4 Å². The molecule has 4 nitrogen and oxygen atoms in total. The van der Waals surface area contributed by atoms with Gasteiger partial charge in [0.05, 0.1) is 19.7 Å². The van der Waals surface area contributed by atoms with Crippen LogP contribution in [0.1, 0.15) is 0 Å². The van der Waals surface area contributed by atoms with E-state index in [0.29, 0.717) is 0 Å². The second kappa shape index (κ2) is 6.46. The number of nitrogens with zero attached hydrogens (tertiary/aromatic N) is 2. The van der Waals surface area contributed by atoms with Gasteiger partial charge >= 0.3 is 5.97 Å². The van der Waals surface area contributed by atoms with Crippen molar-refractivity contribution in [2.24, 2.45) is 7.05 Å². The SMILES string of the molecule is COC(=O)Cn1c(-c2ccc(SC)cc2)[n+](C)c2ccccc21. The van der Waals surface area contributed by atoms with Gasteiger partial charge < -0.3 is 4.74 Å². The van der Waals surface area contributed by atoms with Crippen molar-refractivity contribution in [3.8, 4) is 11.4 Å². The summed E-state index contributed by atoms with van der Waals surface area (Å²) in [5, 5.41) is 0. The molecule has 3 rings (SSSR count). The van der Waals surface area contributed by atoms with Gasteiger partial charge in [-0.25, -0.2) is 13.9 Å². The van der Waals surface area contributed by atoms with Crippen molar-refractivity contribution < 1.29 is 14.1 Å². The van der Waals surface area contributed by atoms with Crippen molar-refractivity contribution in [3.63, 3.8) is 0 Å². The van der Waals surface area contributed by atoms with Gasteiger partial charge in [-0.2, -0.15) is 0 Å². The van der Waals surface area contributed by atoms with E-state index in [4.69, 9.17) is 4.74 Å². The molecule has 2 aromatic carbocycles. The van der Waals surface area contributed by atoms with Crippen molar-refractivity contribution in [1.82, 2.24) is 4.57 Å². The van der Waals surface area contributed by atoms with Gasteiger partial charge in [0.15, 0.2) is 17.6 Å². The lowest BCUT2D eigenvalue weighted by molar-refractivity contribution is -0.634. The summed E-state index contributed by atoms with van der Waals surface area (Å²) in [6.07, 6.45) is 2.06. The molecule has 0 fully saturated rings. The Morgan fingerprint density at radius 3 is 2.52 bits per heavy atom. The monoisotopic (exact) mass is 327 g/mol. The number of aromatic nitrogens is 2. The molecule has 3 aromatic rings. The van der Waals surface area contributed by atoms with Crippen molar-refractivity contribution >= 4 is 28.8 Å². The number of carbonyl (C=O) groups excluding carboxylic acids is 1. The average Bonchev–Trinajstić information content (AvgIpc) is 2.87. The predicted molar refractivity (Wildman–Crippen MR) is 92.3 cm³/mol. The number of benzene rings is 2. The van der Waals surface area contributed by atoms with Crippen LogP contribution in [-0.2, 0) is 23.1 Å². The van der Waals surface area contributed by atoms with E-state index in [1.807, 2.05) is 29.8 Å². The molecule has 0 bridgehead atoms. The van der Waals surface area contributed by atoms with Crippen LogP contribution in [-0.4, -0.2) is 23.9 Å². The van der Waals surface area contributed by atoms with Crippen molar-refractivity contribution in [2.45, 2.75) is 11.4 Å². The Morgan fingerprint density at radius 2 is 1.87 bits per heavy atom. The minimum Gasteiger partial charge on any atom is -0.466 e. The maximum Gasteiger partial charge on any atom is 0.348 e. The zero-order valence-corrected chi connectivity index (χ0v) is 14.3. The lowest BCUT2D eigenvalue weighted by Crippen LogP contribution is -2.30. The van der Waals surface area contributed by atoms with Gasteiger partial charge in [-0.1, -0.05) is 12.1 Å². The van der Waals surface area contributed by atoms with E-state index in [0.717, 1.165) is 22.4 Å². The van der Waals surface area contributed by atoms with E-state index in [2.05, 4.69) is 41.2 Å². The van der Waals surface area contributed by atoms with Crippen LogP contribution >= 0.6 is 11.8 Å². The summed E-state index contributed by atoms with van der Waals surface area (Å²) in [7, 11) is 3.44. The quantitative estimate of drug-likeness (QED) is 0.420. The zero-order valence-electron chi connectivity index (χ0n) is 13.4. The van der Waals surface area contributed by atoms with Crippen molar-refractivity contribution in [3.05, 3.63) is 48.5 Å². The molecule has 5 heteroatoms. The molecule has 0 unspecified atom stereocenters. The van der Waals surface area contributed by atoms with Gasteiger partial charge in [0.1, 0.15) is 0 Å². The maximum atomic E-state index is 11.9. The van der Waals surface area contributed by atoms with Gasteiger partial charge in [0.25, 0.3) is 5.82 Å². The van der Waals surface area contributed by atoms with Crippen molar-refractivity contribution in [1.29, 1.82) is 0 Å². The number of ether oxygens (including phenoxy) is 1. The molecule has 0 aliphatic heterocycles. The number of esters is 1. The third-order valence-corrected chi connectivity index (χ3v) is 4.71. The van der Waals surface area contributed by atoms with Crippen LogP contribution in [0, 0.1) is 0 Å².